The van der Waals surface area contributed by atoms with Gasteiger partial charge in [-0.1, -0.05) is 0 Å². The first-order chi connectivity index (χ1) is 8.56. The van der Waals surface area contributed by atoms with Crippen molar-refractivity contribution < 1.29 is 9.18 Å². The van der Waals surface area contributed by atoms with E-state index in [0.29, 0.717) is 0 Å². The molecule has 2 rings (SSSR count). The van der Waals surface area contributed by atoms with Gasteiger partial charge in [0.05, 0.1) is 5.69 Å². The Kier molecular flexibility index (Phi) is 3.38. The summed E-state index contributed by atoms with van der Waals surface area (Å²) in [5, 5.41) is 2.51. The molecule has 0 aliphatic carbocycles. The number of nitrogen functional groups attached to an aromatic ring is 1. The lowest BCUT2D eigenvalue weighted by Gasteiger charge is -2.05. The number of carbonyl (C=O) groups excluding carboxylic acids is 1. The van der Waals surface area contributed by atoms with Gasteiger partial charge in [-0.15, -0.1) is 0 Å². The molecule has 0 unspecified atom stereocenters. The smallest absolute Gasteiger partial charge is 0.256 e. The lowest BCUT2D eigenvalue weighted by molar-refractivity contribution is 0.102. The normalized spacial score (nSPS) is 10.1. The molecular formula is C11H8ClFN4O. The minimum absolute atomic E-state index is 0.0198. The van der Waals surface area contributed by atoms with Crippen LogP contribution >= 0.6 is 11.6 Å². The molecule has 0 radical (unpaired) electrons. The molecule has 1 amide bonds. The number of amides is 1. The standard InChI is InChI=1S/C11H8ClFN4O/c12-11-15-4-3-9(17-11)16-10(18)6-1-2-7(13)8(14)5-6/h1-5H,14H2,(H,15,16,17,18). The van der Waals surface area contributed by atoms with Gasteiger partial charge < -0.3 is 11.1 Å². The Bertz CT molecular complexity index is 605. The number of hydrogen-bond donors (Lipinski definition) is 2. The summed E-state index contributed by atoms with van der Waals surface area (Å²) in [6.45, 7) is 0. The number of nitrogens with zero attached hydrogens (tertiary/aromatic N) is 2. The molecule has 2 aromatic rings. The summed E-state index contributed by atoms with van der Waals surface area (Å²) in [7, 11) is 0. The van der Waals surface area contributed by atoms with Crippen LogP contribution in [0.4, 0.5) is 15.9 Å². The zero-order chi connectivity index (χ0) is 13.1. The van der Waals surface area contributed by atoms with Crippen LogP contribution in [0.25, 0.3) is 0 Å². The van der Waals surface area contributed by atoms with Crippen LogP contribution in [0.2, 0.25) is 5.28 Å². The lowest BCUT2D eigenvalue weighted by Crippen LogP contribution is -2.13. The van der Waals surface area contributed by atoms with Crippen LogP contribution in [0.15, 0.2) is 30.5 Å². The van der Waals surface area contributed by atoms with E-state index in [1.54, 1.807) is 0 Å². The molecule has 0 bridgehead atoms. The molecule has 1 heterocycles. The number of aromatic nitrogens is 2. The number of nitrogens with one attached hydrogen (secondary N) is 1. The molecule has 0 spiro atoms. The van der Waals surface area contributed by atoms with Gasteiger partial charge in [-0.05, 0) is 35.9 Å². The molecule has 3 N–H and O–H groups in total. The van der Waals surface area contributed by atoms with Crippen molar-refractivity contribution >= 4 is 29.0 Å². The average Bonchev–Trinajstić information content (AvgIpc) is 2.32. The van der Waals surface area contributed by atoms with Crippen LogP contribution in [-0.4, -0.2) is 15.9 Å². The van der Waals surface area contributed by atoms with Gasteiger partial charge in [-0.3, -0.25) is 4.79 Å². The van der Waals surface area contributed by atoms with Crippen LogP contribution in [0.5, 0.6) is 0 Å². The van der Waals surface area contributed by atoms with Gasteiger partial charge in [0.1, 0.15) is 11.6 Å². The van der Waals surface area contributed by atoms with Crippen molar-refractivity contribution in [2.45, 2.75) is 0 Å². The summed E-state index contributed by atoms with van der Waals surface area (Å²) in [6, 6.07) is 5.17. The molecule has 0 aliphatic heterocycles. The molecule has 0 aliphatic rings. The summed E-state index contributed by atoms with van der Waals surface area (Å²) in [6.07, 6.45) is 1.41. The summed E-state index contributed by atoms with van der Waals surface area (Å²) < 4.78 is 12.9. The van der Waals surface area contributed by atoms with Crippen LogP contribution in [-0.2, 0) is 0 Å². The Morgan fingerprint density at radius 2 is 2.17 bits per heavy atom. The predicted molar refractivity (Wildman–Crippen MR) is 65.8 cm³/mol. The molecule has 1 aromatic carbocycles. The van der Waals surface area contributed by atoms with E-state index in [0.717, 1.165) is 6.07 Å². The minimum atomic E-state index is -0.573. The molecule has 7 heteroatoms. The maximum absolute atomic E-state index is 12.9. The van der Waals surface area contributed by atoms with Crippen LogP contribution < -0.4 is 11.1 Å². The molecule has 0 atom stereocenters. The van der Waals surface area contributed by atoms with E-state index in [4.69, 9.17) is 17.3 Å². The quantitative estimate of drug-likeness (QED) is 0.644. The molecule has 0 saturated heterocycles. The number of halogens is 2. The third-order valence-electron chi connectivity index (χ3n) is 2.13. The largest absolute Gasteiger partial charge is 0.396 e. The Morgan fingerprint density at radius 1 is 1.39 bits per heavy atom. The Morgan fingerprint density at radius 3 is 2.83 bits per heavy atom. The van der Waals surface area contributed by atoms with E-state index in [1.165, 1.54) is 24.4 Å². The molecule has 92 valence electrons. The first-order valence-corrected chi connectivity index (χ1v) is 5.29. The highest BCUT2D eigenvalue weighted by molar-refractivity contribution is 6.28. The van der Waals surface area contributed by atoms with Crippen molar-refractivity contribution in [2.24, 2.45) is 0 Å². The number of rotatable bonds is 2. The zero-order valence-corrected chi connectivity index (χ0v) is 9.78. The molecule has 1 aromatic heterocycles. The van der Waals surface area contributed by atoms with Crippen LogP contribution in [0, 0.1) is 5.82 Å². The second-order valence-electron chi connectivity index (χ2n) is 3.40. The van der Waals surface area contributed by atoms with Crippen LogP contribution in [0.3, 0.4) is 0 Å². The fourth-order valence-corrected chi connectivity index (χ4v) is 1.43. The summed E-state index contributed by atoms with van der Waals surface area (Å²) in [5.74, 6) is -0.781. The van der Waals surface area contributed by atoms with E-state index >= 15 is 0 Å². The maximum atomic E-state index is 12.9. The molecule has 0 fully saturated rings. The predicted octanol–water partition coefficient (Wildman–Crippen LogP) is 2.10. The topological polar surface area (TPSA) is 80.9 Å². The Hall–Kier alpha value is -2.21. The van der Waals surface area contributed by atoms with Gasteiger partial charge in [-0.2, -0.15) is 0 Å². The van der Waals surface area contributed by atoms with E-state index in [2.05, 4.69) is 15.3 Å². The minimum Gasteiger partial charge on any atom is -0.396 e. The number of hydrogen-bond acceptors (Lipinski definition) is 4. The Balaban J connectivity index is 2.19. The highest BCUT2D eigenvalue weighted by Crippen LogP contribution is 2.14. The zero-order valence-electron chi connectivity index (χ0n) is 9.02. The molecular weight excluding hydrogens is 259 g/mol. The van der Waals surface area contributed by atoms with Gasteiger partial charge in [0.2, 0.25) is 5.28 Å². The fraction of sp³-hybridized carbons (Fsp3) is 0. The van der Waals surface area contributed by atoms with Gasteiger partial charge in [0.15, 0.2) is 0 Å². The van der Waals surface area contributed by atoms with E-state index < -0.39 is 11.7 Å². The Labute approximate surface area is 107 Å². The van der Waals surface area contributed by atoms with Gasteiger partial charge in [-0.25, -0.2) is 14.4 Å². The van der Waals surface area contributed by atoms with Crippen molar-refractivity contribution in [3.05, 3.63) is 47.1 Å². The van der Waals surface area contributed by atoms with E-state index in [9.17, 15) is 9.18 Å². The monoisotopic (exact) mass is 266 g/mol. The summed E-state index contributed by atoms with van der Waals surface area (Å²) >= 11 is 5.58. The molecule has 18 heavy (non-hydrogen) atoms. The molecule has 5 nitrogen and oxygen atoms in total. The van der Waals surface area contributed by atoms with E-state index in [-0.39, 0.29) is 22.4 Å². The highest BCUT2D eigenvalue weighted by atomic mass is 35.5. The number of anilines is 2. The van der Waals surface area contributed by atoms with Crippen molar-refractivity contribution in [2.75, 3.05) is 11.1 Å². The number of nitrogens with two attached hydrogens (primary N) is 1. The lowest BCUT2D eigenvalue weighted by atomic mass is 10.2. The van der Waals surface area contributed by atoms with Gasteiger partial charge in [0, 0.05) is 11.8 Å². The first kappa shape index (κ1) is 12.3. The second-order valence-corrected chi connectivity index (χ2v) is 3.74. The number of benzene rings is 1. The third kappa shape index (κ3) is 2.72. The first-order valence-electron chi connectivity index (χ1n) is 4.91. The van der Waals surface area contributed by atoms with Crippen molar-refractivity contribution in [3.8, 4) is 0 Å². The maximum Gasteiger partial charge on any atom is 0.256 e. The van der Waals surface area contributed by atoms with Gasteiger partial charge in [0.25, 0.3) is 5.91 Å². The SMILES string of the molecule is Nc1cc(C(=O)Nc2ccnc(Cl)n2)ccc1F. The van der Waals surface area contributed by atoms with E-state index in [1.807, 2.05) is 0 Å². The second kappa shape index (κ2) is 4.97. The van der Waals surface area contributed by atoms with Gasteiger partial charge >= 0.3 is 0 Å². The fourth-order valence-electron chi connectivity index (χ4n) is 1.28. The van der Waals surface area contributed by atoms with Crippen molar-refractivity contribution in [1.29, 1.82) is 0 Å². The highest BCUT2D eigenvalue weighted by Gasteiger charge is 2.09. The average molecular weight is 267 g/mol. The van der Waals surface area contributed by atoms with Crippen LogP contribution in [0.1, 0.15) is 10.4 Å². The summed E-state index contributed by atoms with van der Waals surface area (Å²) in [5.41, 5.74) is 5.51. The molecule has 0 saturated carbocycles. The van der Waals surface area contributed by atoms with Crippen molar-refractivity contribution in [1.82, 2.24) is 9.97 Å². The summed E-state index contributed by atoms with van der Waals surface area (Å²) in [4.78, 5) is 19.3. The third-order valence-corrected chi connectivity index (χ3v) is 2.31. The van der Waals surface area contributed by atoms with Crippen molar-refractivity contribution in [3.63, 3.8) is 0 Å². The number of carbonyl (C=O) groups is 1.